The molecule has 0 aliphatic heterocycles. The molecule has 0 N–H and O–H groups in total. The fourth-order valence-corrected chi connectivity index (χ4v) is 0.223. The van der Waals surface area contributed by atoms with Crippen molar-refractivity contribution in [1.82, 2.24) is 0 Å². The van der Waals surface area contributed by atoms with Gasteiger partial charge in [-0.05, 0) is 5.60 Å². The molecule has 0 bridgehead atoms. The zero-order valence-corrected chi connectivity index (χ0v) is 5.09. The third kappa shape index (κ3) is 3.41. The molecule has 8 heavy (non-hydrogen) atoms. The maximum absolute atomic E-state index is 3.87. The van der Waals surface area contributed by atoms with E-state index in [1.807, 2.05) is 14.1 Å². The molecule has 1 nitrogen and oxygen atoms in total. The van der Waals surface area contributed by atoms with Crippen LogP contribution in [0.4, 0.5) is 0 Å². The van der Waals surface area contributed by atoms with Gasteiger partial charge in [-0.15, -0.1) is 0 Å². The summed E-state index contributed by atoms with van der Waals surface area (Å²) < 4.78 is 0. The average molecular weight is 106 g/mol. The third-order valence-corrected chi connectivity index (χ3v) is 0.679. The highest BCUT2D eigenvalue weighted by Gasteiger charge is 1.79. The van der Waals surface area contributed by atoms with Gasteiger partial charge in [0, 0.05) is 6.21 Å². The first-order valence-corrected chi connectivity index (χ1v) is 2.44. The summed E-state index contributed by atoms with van der Waals surface area (Å²) in [6, 6.07) is 0. The summed E-state index contributed by atoms with van der Waals surface area (Å²) in [6.45, 7) is 8.96. The first kappa shape index (κ1) is 7.21. The van der Waals surface area contributed by atoms with Crippen molar-refractivity contribution in [3.05, 3.63) is 24.8 Å². The van der Waals surface area contributed by atoms with Gasteiger partial charge in [-0.1, -0.05) is 26.1 Å². The second-order valence-electron chi connectivity index (χ2n) is 1.29. The number of hydrogen-bond acceptors (Lipinski definition) is 1. The lowest BCUT2D eigenvalue weighted by molar-refractivity contribution is 1.55. The van der Waals surface area contributed by atoms with Gasteiger partial charge in [0.1, 0.15) is 0 Å². The van der Waals surface area contributed by atoms with Crippen molar-refractivity contribution in [2.75, 3.05) is 0 Å². The summed E-state index contributed by atoms with van der Waals surface area (Å²) in [7, 11) is 1.83. The first-order chi connectivity index (χ1) is 3.81. The third-order valence-electron chi connectivity index (χ3n) is 0.679. The molecule has 0 aliphatic rings. The Morgan fingerprint density at radius 2 is 2.38 bits per heavy atom. The van der Waals surface area contributed by atoms with Crippen LogP contribution in [0, 0.1) is 0 Å². The molecule has 0 heterocycles. The van der Waals surface area contributed by atoms with E-state index < -0.39 is 0 Å². The molecular formula is C6H9BN. The van der Waals surface area contributed by atoms with Crippen molar-refractivity contribution < 1.29 is 0 Å². The van der Waals surface area contributed by atoms with Gasteiger partial charge in [0.05, 0.1) is 0 Å². The second kappa shape index (κ2) is 4.38. The van der Waals surface area contributed by atoms with Crippen molar-refractivity contribution >= 4 is 13.5 Å². The SMILES string of the molecule is C=C/C=N\C(=C)[B]C. The van der Waals surface area contributed by atoms with Gasteiger partial charge < -0.3 is 0 Å². The lowest BCUT2D eigenvalue weighted by Crippen LogP contribution is -1.82. The van der Waals surface area contributed by atoms with Crippen LogP contribution in [0.2, 0.25) is 6.82 Å². The zero-order valence-electron chi connectivity index (χ0n) is 5.09. The highest BCUT2D eigenvalue weighted by atomic mass is 14.7. The van der Waals surface area contributed by atoms with Crippen LogP contribution in [0.5, 0.6) is 0 Å². The molecule has 41 valence electrons. The largest absolute Gasteiger partial charge is 0.273 e. The van der Waals surface area contributed by atoms with E-state index in [1.165, 1.54) is 0 Å². The fraction of sp³-hybridized carbons (Fsp3) is 0.167. The molecule has 0 rings (SSSR count). The predicted molar refractivity (Wildman–Crippen MR) is 39.4 cm³/mol. The van der Waals surface area contributed by atoms with Gasteiger partial charge in [-0.3, -0.25) is 4.99 Å². The summed E-state index contributed by atoms with van der Waals surface area (Å²) in [5.74, 6) is 0. The second-order valence-corrected chi connectivity index (χ2v) is 1.29. The van der Waals surface area contributed by atoms with Crippen molar-refractivity contribution in [3.8, 4) is 0 Å². The van der Waals surface area contributed by atoms with Crippen LogP contribution in [-0.2, 0) is 0 Å². The summed E-state index contributed by atoms with van der Waals surface area (Å²) in [4.78, 5) is 3.87. The smallest absolute Gasteiger partial charge is 0.173 e. The number of nitrogens with zero attached hydrogens (tertiary/aromatic N) is 1. The monoisotopic (exact) mass is 106 g/mol. The molecule has 0 saturated carbocycles. The standard InChI is InChI=1S/C6H9BN/c1-4-5-8-6(2)7-3/h4-5H,1-2H2,3H3/b8-5-. The quantitative estimate of drug-likeness (QED) is 0.381. The van der Waals surface area contributed by atoms with Crippen LogP contribution in [0.1, 0.15) is 0 Å². The maximum Gasteiger partial charge on any atom is 0.173 e. The van der Waals surface area contributed by atoms with Crippen LogP contribution < -0.4 is 0 Å². The molecule has 0 atom stereocenters. The Bertz CT molecular complexity index is 116. The molecule has 0 spiro atoms. The Morgan fingerprint density at radius 3 is 2.75 bits per heavy atom. The summed E-state index contributed by atoms with van der Waals surface area (Å²) in [5.41, 5.74) is 0.768. The van der Waals surface area contributed by atoms with Gasteiger partial charge in [-0.2, -0.15) is 0 Å². The van der Waals surface area contributed by atoms with E-state index in [9.17, 15) is 0 Å². The van der Waals surface area contributed by atoms with Gasteiger partial charge in [0.15, 0.2) is 7.28 Å². The molecule has 0 fully saturated rings. The molecule has 0 aliphatic carbocycles. The van der Waals surface area contributed by atoms with E-state index in [0.29, 0.717) is 0 Å². The van der Waals surface area contributed by atoms with E-state index in [2.05, 4.69) is 18.2 Å². The van der Waals surface area contributed by atoms with Crippen molar-refractivity contribution in [1.29, 1.82) is 0 Å². The van der Waals surface area contributed by atoms with Gasteiger partial charge in [0.2, 0.25) is 0 Å². The van der Waals surface area contributed by atoms with E-state index in [0.717, 1.165) is 5.60 Å². The average Bonchev–Trinajstić information content (AvgIpc) is 1.83. The Hall–Kier alpha value is -0.785. The molecule has 0 saturated heterocycles. The Kier molecular flexibility index (Phi) is 3.95. The first-order valence-electron chi connectivity index (χ1n) is 2.44. The maximum atomic E-state index is 3.87. The zero-order chi connectivity index (χ0) is 6.41. The van der Waals surface area contributed by atoms with E-state index in [4.69, 9.17) is 0 Å². The topological polar surface area (TPSA) is 12.4 Å². The lowest BCUT2D eigenvalue weighted by Gasteiger charge is -1.85. The lowest BCUT2D eigenvalue weighted by atomic mass is 9.79. The molecule has 0 aromatic carbocycles. The number of rotatable bonds is 3. The van der Waals surface area contributed by atoms with E-state index in [-0.39, 0.29) is 0 Å². The van der Waals surface area contributed by atoms with E-state index >= 15 is 0 Å². The van der Waals surface area contributed by atoms with Crippen LogP contribution in [-0.4, -0.2) is 13.5 Å². The van der Waals surface area contributed by atoms with Gasteiger partial charge in [-0.25, -0.2) is 0 Å². The Morgan fingerprint density at radius 1 is 1.75 bits per heavy atom. The number of aliphatic imine (C=N–C) groups is 1. The Labute approximate surface area is 51.1 Å². The molecule has 0 unspecified atom stereocenters. The van der Waals surface area contributed by atoms with Crippen molar-refractivity contribution in [2.24, 2.45) is 4.99 Å². The molecule has 0 aromatic rings. The minimum Gasteiger partial charge on any atom is -0.273 e. The van der Waals surface area contributed by atoms with Crippen molar-refractivity contribution in [2.45, 2.75) is 6.82 Å². The highest BCUT2D eigenvalue weighted by molar-refractivity contribution is 6.43. The molecule has 0 amide bonds. The van der Waals surface area contributed by atoms with Crippen LogP contribution in [0.25, 0.3) is 0 Å². The van der Waals surface area contributed by atoms with Crippen LogP contribution in [0.15, 0.2) is 29.8 Å². The molecular weight excluding hydrogens is 96.9 g/mol. The van der Waals surface area contributed by atoms with E-state index in [1.54, 1.807) is 12.3 Å². The van der Waals surface area contributed by atoms with Crippen LogP contribution >= 0.6 is 0 Å². The number of allylic oxidation sites excluding steroid dienone is 1. The van der Waals surface area contributed by atoms with Crippen LogP contribution in [0.3, 0.4) is 0 Å². The van der Waals surface area contributed by atoms with Crippen molar-refractivity contribution in [3.63, 3.8) is 0 Å². The molecule has 2 heteroatoms. The summed E-state index contributed by atoms with van der Waals surface area (Å²) in [5, 5.41) is 0. The molecule has 1 radical (unpaired) electrons. The normalized spacial score (nSPS) is 9.12. The predicted octanol–water partition coefficient (Wildman–Crippen LogP) is 1.47. The Balaban J connectivity index is 3.52. The van der Waals surface area contributed by atoms with Gasteiger partial charge >= 0.3 is 0 Å². The minimum atomic E-state index is 0.768. The summed E-state index contributed by atoms with van der Waals surface area (Å²) in [6.07, 6.45) is 3.23. The molecule has 0 aromatic heterocycles. The fourth-order valence-electron chi connectivity index (χ4n) is 0.223. The highest BCUT2D eigenvalue weighted by Crippen LogP contribution is 1.85. The number of hydrogen-bond donors (Lipinski definition) is 0. The van der Waals surface area contributed by atoms with Gasteiger partial charge in [0.25, 0.3) is 0 Å². The summed E-state index contributed by atoms with van der Waals surface area (Å²) >= 11 is 0. The minimum absolute atomic E-state index is 0.768.